The van der Waals surface area contributed by atoms with Gasteiger partial charge in [0.1, 0.15) is 10.8 Å². The van der Waals surface area contributed by atoms with Crippen LogP contribution in [-0.2, 0) is 6.54 Å². The minimum absolute atomic E-state index is 0.232. The fourth-order valence-corrected chi connectivity index (χ4v) is 4.58. The lowest BCUT2D eigenvalue weighted by molar-refractivity contribution is 0.100. The predicted octanol–water partition coefficient (Wildman–Crippen LogP) is 3.96. The van der Waals surface area contributed by atoms with Gasteiger partial charge in [0.05, 0.1) is 29.1 Å². The molecule has 3 heterocycles. The van der Waals surface area contributed by atoms with E-state index in [4.69, 9.17) is 17.3 Å². The standard InChI is InChI=1S/C27H29N7O2S/c1-27(2,36)23(28)16-34(30)15-20-4-3-5-24(32-20)33-26-21(25(29)35)14-22(37-26)19-8-6-17(7-9-19)18-10-12-31-13-11-18/h3-14,16,36H,15,28,30H2,1-2H3,(H2,29,35)(H,32,33)/b23-16-. The number of nitrogens with one attached hydrogen (secondary N) is 1. The van der Waals surface area contributed by atoms with Gasteiger partial charge in [-0.25, -0.2) is 10.8 Å². The van der Waals surface area contributed by atoms with Gasteiger partial charge in [0.25, 0.3) is 5.91 Å². The van der Waals surface area contributed by atoms with E-state index in [1.165, 1.54) is 22.5 Å². The maximum atomic E-state index is 12.2. The number of amides is 1. The van der Waals surface area contributed by atoms with Crippen LogP contribution in [0.25, 0.3) is 21.6 Å². The maximum Gasteiger partial charge on any atom is 0.251 e. The number of hydrazine groups is 1. The summed E-state index contributed by atoms with van der Waals surface area (Å²) in [7, 11) is 0. The number of carbonyl (C=O) groups is 1. The average Bonchev–Trinajstić information content (AvgIpc) is 3.28. The van der Waals surface area contributed by atoms with Crippen LogP contribution >= 0.6 is 11.3 Å². The van der Waals surface area contributed by atoms with Crippen LogP contribution in [0.1, 0.15) is 29.9 Å². The molecule has 0 aliphatic heterocycles. The number of benzene rings is 1. The molecule has 0 fully saturated rings. The van der Waals surface area contributed by atoms with Crippen LogP contribution in [0, 0.1) is 0 Å². The van der Waals surface area contributed by atoms with Crippen molar-refractivity contribution in [1.82, 2.24) is 15.0 Å². The highest BCUT2D eigenvalue weighted by atomic mass is 32.1. The summed E-state index contributed by atoms with van der Waals surface area (Å²) in [4.78, 5) is 21.7. The molecular formula is C27H29N7O2S. The molecule has 1 aromatic carbocycles. The Morgan fingerprint density at radius 3 is 2.35 bits per heavy atom. The second kappa shape index (κ2) is 10.8. The lowest BCUT2D eigenvalue weighted by Crippen LogP contribution is -2.33. The molecule has 0 saturated carbocycles. The van der Waals surface area contributed by atoms with Gasteiger partial charge < -0.3 is 26.9 Å². The van der Waals surface area contributed by atoms with Gasteiger partial charge in [-0.05, 0) is 60.9 Å². The van der Waals surface area contributed by atoms with Gasteiger partial charge >= 0.3 is 0 Å². The summed E-state index contributed by atoms with van der Waals surface area (Å²) in [5, 5.41) is 15.2. The number of aromatic nitrogens is 2. The molecule has 37 heavy (non-hydrogen) atoms. The van der Waals surface area contributed by atoms with Crippen LogP contribution in [0.4, 0.5) is 10.8 Å². The number of thiophene rings is 1. The van der Waals surface area contributed by atoms with Crippen molar-refractivity contribution >= 4 is 28.1 Å². The van der Waals surface area contributed by atoms with E-state index < -0.39 is 11.5 Å². The van der Waals surface area contributed by atoms with E-state index in [1.54, 1.807) is 38.4 Å². The van der Waals surface area contributed by atoms with Crippen molar-refractivity contribution in [3.63, 3.8) is 0 Å². The third-order valence-corrected chi connectivity index (χ3v) is 6.68. The summed E-state index contributed by atoms with van der Waals surface area (Å²) >= 11 is 1.42. The first-order valence-corrected chi connectivity index (χ1v) is 12.3. The number of aliphatic hydroxyl groups is 1. The maximum absolute atomic E-state index is 12.2. The number of nitrogens with two attached hydrogens (primary N) is 3. The fraction of sp³-hybridized carbons (Fsp3) is 0.148. The molecule has 4 aromatic rings. The summed E-state index contributed by atoms with van der Waals surface area (Å²) in [6, 6.07) is 19.2. The monoisotopic (exact) mass is 515 g/mol. The predicted molar refractivity (Wildman–Crippen MR) is 147 cm³/mol. The summed E-state index contributed by atoms with van der Waals surface area (Å²) in [5.74, 6) is 6.03. The molecule has 8 N–H and O–H groups in total. The quantitative estimate of drug-likeness (QED) is 0.166. The van der Waals surface area contributed by atoms with E-state index in [0.717, 1.165) is 21.6 Å². The topological polar surface area (TPSA) is 156 Å². The molecule has 3 aromatic heterocycles. The summed E-state index contributed by atoms with van der Waals surface area (Å²) in [6.45, 7) is 3.42. The molecule has 0 unspecified atom stereocenters. The van der Waals surface area contributed by atoms with Crippen molar-refractivity contribution in [2.24, 2.45) is 17.3 Å². The van der Waals surface area contributed by atoms with Crippen LogP contribution in [0.15, 0.2) is 85.0 Å². The van der Waals surface area contributed by atoms with E-state index >= 15 is 0 Å². The second-order valence-corrected chi connectivity index (χ2v) is 10.0. The normalized spacial score (nSPS) is 11.8. The number of hydrogen-bond donors (Lipinski definition) is 5. The number of anilines is 2. The smallest absolute Gasteiger partial charge is 0.251 e. The van der Waals surface area contributed by atoms with Crippen LogP contribution in [0.5, 0.6) is 0 Å². The number of nitrogens with zero attached hydrogens (tertiary/aromatic N) is 3. The van der Waals surface area contributed by atoms with Crippen molar-refractivity contribution in [2.75, 3.05) is 5.32 Å². The third-order valence-electron chi connectivity index (χ3n) is 5.58. The Labute approximate surface area is 219 Å². The fourth-order valence-electron chi connectivity index (χ4n) is 3.50. The molecular weight excluding hydrogens is 486 g/mol. The van der Waals surface area contributed by atoms with E-state index in [9.17, 15) is 9.90 Å². The summed E-state index contributed by atoms with van der Waals surface area (Å²) in [6.07, 6.45) is 4.99. The third kappa shape index (κ3) is 6.50. The van der Waals surface area contributed by atoms with Crippen LogP contribution in [-0.4, -0.2) is 31.6 Å². The second-order valence-electron chi connectivity index (χ2n) is 8.99. The zero-order valence-corrected chi connectivity index (χ0v) is 21.4. The van der Waals surface area contributed by atoms with Gasteiger partial charge in [0.2, 0.25) is 0 Å². The number of rotatable bonds is 9. The van der Waals surface area contributed by atoms with E-state index in [2.05, 4.69) is 15.3 Å². The molecule has 0 aliphatic rings. The molecule has 0 saturated heterocycles. The number of primary amides is 1. The molecule has 0 atom stereocenters. The Morgan fingerprint density at radius 1 is 1.05 bits per heavy atom. The van der Waals surface area contributed by atoms with Crippen molar-refractivity contribution in [3.8, 4) is 21.6 Å². The summed E-state index contributed by atoms with van der Waals surface area (Å²) < 4.78 is 0. The van der Waals surface area contributed by atoms with Crippen molar-refractivity contribution < 1.29 is 9.90 Å². The average molecular weight is 516 g/mol. The first kappa shape index (κ1) is 25.8. The Bertz CT molecular complexity index is 1410. The molecule has 9 nitrogen and oxygen atoms in total. The Balaban J connectivity index is 1.54. The Morgan fingerprint density at radius 2 is 1.70 bits per heavy atom. The minimum Gasteiger partial charge on any atom is -0.398 e. The Hall–Kier alpha value is -4.25. The lowest BCUT2D eigenvalue weighted by atomic mass is 10.0. The van der Waals surface area contributed by atoms with Gasteiger partial charge in [-0.15, -0.1) is 11.3 Å². The van der Waals surface area contributed by atoms with Crippen LogP contribution in [0.3, 0.4) is 0 Å². The molecule has 0 radical (unpaired) electrons. The van der Waals surface area contributed by atoms with Gasteiger partial charge in [0.15, 0.2) is 0 Å². The molecule has 4 rings (SSSR count). The van der Waals surface area contributed by atoms with Crippen LogP contribution in [0.2, 0.25) is 0 Å². The number of carbonyl (C=O) groups excluding carboxylic acids is 1. The highest BCUT2D eigenvalue weighted by Crippen LogP contribution is 2.37. The van der Waals surface area contributed by atoms with E-state index in [-0.39, 0.29) is 12.2 Å². The zero-order valence-electron chi connectivity index (χ0n) is 20.6. The van der Waals surface area contributed by atoms with Crippen LogP contribution < -0.4 is 22.6 Å². The SMILES string of the molecule is CC(C)(O)/C(N)=C/N(N)Cc1cccc(Nc2sc(-c3ccc(-c4ccncc4)cc3)cc2C(N)=O)n1. The van der Waals surface area contributed by atoms with Gasteiger partial charge in [-0.2, -0.15) is 0 Å². The molecule has 1 amide bonds. The summed E-state index contributed by atoms with van der Waals surface area (Å²) in [5.41, 5.74) is 14.8. The largest absolute Gasteiger partial charge is 0.398 e. The number of hydrogen-bond acceptors (Lipinski definition) is 9. The molecule has 190 valence electrons. The van der Waals surface area contributed by atoms with Gasteiger partial charge in [-0.3, -0.25) is 9.78 Å². The van der Waals surface area contributed by atoms with Crippen molar-refractivity contribution in [2.45, 2.75) is 26.0 Å². The van der Waals surface area contributed by atoms with Crippen molar-refractivity contribution in [3.05, 3.63) is 96.2 Å². The molecule has 0 spiro atoms. The number of pyridine rings is 2. The highest BCUT2D eigenvalue weighted by molar-refractivity contribution is 7.19. The van der Waals surface area contributed by atoms with Gasteiger partial charge in [-0.1, -0.05) is 30.3 Å². The van der Waals surface area contributed by atoms with E-state index in [0.29, 0.717) is 22.1 Å². The molecule has 10 heteroatoms. The molecule has 0 aliphatic carbocycles. The zero-order chi connectivity index (χ0) is 26.6. The molecule has 0 bridgehead atoms. The van der Waals surface area contributed by atoms with E-state index in [1.807, 2.05) is 48.5 Å². The highest BCUT2D eigenvalue weighted by Gasteiger charge is 2.18. The van der Waals surface area contributed by atoms with Crippen molar-refractivity contribution in [1.29, 1.82) is 0 Å². The lowest BCUT2D eigenvalue weighted by Gasteiger charge is -2.21. The minimum atomic E-state index is -1.18. The van der Waals surface area contributed by atoms with Gasteiger partial charge in [0, 0.05) is 23.5 Å². The first-order chi connectivity index (χ1) is 17.6. The Kier molecular flexibility index (Phi) is 7.53. The first-order valence-electron chi connectivity index (χ1n) is 11.5.